The smallest absolute Gasteiger partial charge is 0.373 e. The lowest BCUT2D eigenvalue weighted by molar-refractivity contribution is -0.242. The van der Waals surface area contributed by atoms with Crippen LogP contribution in [0.2, 0.25) is 5.02 Å². The van der Waals surface area contributed by atoms with Crippen molar-refractivity contribution in [1.82, 2.24) is 0 Å². The van der Waals surface area contributed by atoms with Gasteiger partial charge in [0.25, 0.3) is 15.9 Å². The number of nitrogens with zero attached hydrogens (tertiary/aromatic N) is 1. The number of rotatable bonds is 5. The van der Waals surface area contributed by atoms with Gasteiger partial charge in [0.15, 0.2) is 0 Å². The Morgan fingerprint density at radius 2 is 1.69 bits per heavy atom. The largest absolute Gasteiger partial charge is 0.426 e. The van der Waals surface area contributed by atoms with Gasteiger partial charge in [-0.1, -0.05) is 11.6 Å². The third-order valence-corrected chi connectivity index (χ3v) is 6.14. The molecule has 0 aliphatic heterocycles. The molecule has 0 saturated heterocycles. The van der Waals surface area contributed by atoms with E-state index in [0.717, 1.165) is 40.7 Å². The van der Waals surface area contributed by atoms with E-state index in [0.29, 0.717) is 0 Å². The van der Waals surface area contributed by atoms with Crippen LogP contribution in [0.1, 0.15) is 6.92 Å². The third kappa shape index (κ3) is 4.62. The quantitative estimate of drug-likeness (QED) is 0.676. The summed E-state index contributed by atoms with van der Waals surface area (Å²) in [4.78, 5) is 11.5. The van der Waals surface area contributed by atoms with Crippen molar-refractivity contribution in [3.8, 4) is 0 Å². The summed E-state index contributed by atoms with van der Waals surface area (Å²) in [6, 6.07) is 7.44. The zero-order valence-electron chi connectivity index (χ0n) is 15.0. The molecule has 0 radical (unpaired) electrons. The number of carbonyl (C=O) groups excluding carboxylic acids is 1. The number of amides is 1. The Kier molecular flexibility index (Phi) is 6.17. The Labute approximate surface area is 168 Å². The van der Waals surface area contributed by atoms with Gasteiger partial charge in [-0.2, -0.15) is 13.2 Å². The minimum atomic E-state index is -5.22. The Hall–Kier alpha value is -2.37. The number of halogens is 5. The molecule has 0 fully saturated rings. The molecule has 158 valence electrons. The van der Waals surface area contributed by atoms with E-state index in [2.05, 4.69) is 0 Å². The molecule has 12 heteroatoms. The van der Waals surface area contributed by atoms with Crippen LogP contribution in [-0.4, -0.2) is 38.3 Å². The van der Waals surface area contributed by atoms with Gasteiger partial charge in [0.2, 0.25) is 5.60 Å². The van der Waals surface area contributed by atoms with Crippen LogP contribution >= 0.6 is 11.6 Å². The molecule has 2 aromatic rings. The standard InChI is InChI=1S/C17H15ClF4N2O4S/c1-16(26,17(20,21)22)15(25)23-14-8-5-11(9-13(14)18)24(2)29(27,28)12-6-3-10(19)4-7-12/h3-9,26H,1-2H3,(H,23,25)/t16-/m1/s1. The number of hydrogen-bond donors (Lipinski definition) is 2. The van der Waals surface area contributed by atoms with Gasteiger partial charge >= 0.3 is 6.18 Å². The molecule has 0 aliphatic rings. The second kappa shape index (κ2) is 7.81. The lowest BCUT2D eigenvalue weighted by Gasteiger charge is -2.25. The fourth-order valence-electron chi connectivity index (χ4n) is 2.08. The molecule has 1 atom stereocenters. The maximum absolute atomic E-state index is 13.0. The van der Waals surface area contributed by atoms with Crippen LogP contribution in [0.4, 0.5) is 28.9 Å². The highest BCUT2D eigenvalue weighted by Crippen LogP contribution is 2.34. The lowest BCUT2D eigenvalue weighted by Crippen LogP contribution is -2.52. The maximum Gasteiger partial charge on any atom is 0.426 e. The average molecular weight is 455 g/mol. The summed E-state index contributed by atoms with van der Waals surface area (Å²) >= 11 is 5.95. The molecule has 2 N–H and O–H groups in total. The maximum atomic E-state index is 13.0. The van der Waals surface area contributed by atoms with Crippen LogP contribution in [0.3, 0.4) is 0 Å². The second-order valence-corrected chi connectivity index (χ2v) is 8.49. The summed E-state index contributed by atoms with van der Waals surface area (Å²) in [5.41, 5.74) is -3.89. The first-order chi connectivity index (χ1) is 13.2. The first-order valence-electron chi connectivity index (χ1n) is 7.82. The minimum Gasteiger partial charge on any atom is -0.373 e. The number of anilines is 2. The van der Waals surface area contributed by atoms with E-state index in [1.165, 1.54) is 13.1 Å². The highest BCUT2D eigenvalue weighted by Gasteiger charge is 2.55. The van der Waals surface area contributed by atoms with Gasteiger partial charge in [-0.15, -0.1) is 0 Å². The molecule has 0 spiro atoms. The van der Waals surface area contributed by atoms with Crippen molar-refractivity contribution in [2.45, 2.75) is 23.6 Å². The SMILES string of the molecule is CN(c1ccc(NC(=O)[C@@](C)(O)C(F)(F)F)c(Cl)c1)S(=O)(=O)c1ccc(F)cc1. The number of hydrogen-bond acceptors (Lipinski definition) is 4. The molecule has 0 aliphatic carbocycles. The fraction of sp³-hybridized carbons (Fsp3) is 0.235. The Bertz CT molecular complexity index is 1020. The van der Waals surface area contributed by atoms with E-state index in [-0.39, 0.29) is 28.2 Å². The Balaban J connectivity index is 2.29. The van der Waals surface area contributed by atoms with Crippen molar-refractivity contribution >= 4 is 38.9 Å². The van der Waals surface area contributed by atoms with E-state index in [4.69, 9.17) is 11.6 Å². The van der Waals surface area contributed by atoms with Gasteiger partial charge in [-0.25, -0.2) is 12.8 Å². The molecule has 6 nitrogen and oxygen atoms in total. The highest BCUT2D eigenvalue weighted by molar-refractivity contribution is 7.92. The zero-order chi connectivity index (χ0) is 22.2. The van der Waals surface area contributed by atoms with E-state index in [1.54, 1.807) is 0 Å². The van der Waals surface area contributed by atoms with E-state index < -0.39 is 33.5 Å². The van der Waals surface area contributed by atoms with Gasteiger partial charge in [0.1, 0.15) is 5.82 Å². The van der Waals surface area contributed by atoms with Gasteiger partial charge in [0.05, 0.1) is 21.3 Å². The molecule has 1 amide bonds. The van der Waals surface area contributed by atoms with Crippen molar-refractivity contribution in [3.05, 3.63) is 53.3 Å². The second-order valence-electron chi connectivity index (χ2n) is 6.11. The molecule has 0 bridgehead atoms. The first kappa shape index (κ1) is 22.9. The molecular weight excluding hydrogens is 440 g/mol. The van der Waals surface area contributed by atoms with E-state index in [9.17, 15) is 35.9 Å². The van der Waals surface area contributed by atoms with Crippen LogP contribution in [0.15, 0.2) is 47.4 Å². The summed E-state index contributed by atoms with van der Waals surface area (Å²) in [5, 5.41) is 11.0. The number of nitrogens with one attached hydrogen (secondary N) is 1. The fourth-order valence-corrected chi connectivity index (χ4v) is 3.49. The zero-order valence-corrected chi connectivity index (χ0v) is 16.5. The molecule has 2 aromatic carbocycles. The van der Waals surface area contributed by atoms with E-state index in [1.807, 2.05) is 5.32 Å². The van der Waals surface area contributed by atoms with Crippen molar-refractivity contribution in [2.24, 2.45) is 0 Å². The molecule has 0 heterocycles. The van der Waals surface area contributed by atoms with Gasteiger partial charge in [-0.3, -0.25) is 9.10 Å². The van der Waals surface area contributed by atoms with Crippen molar-refractivity contribution in [3.63, 3.8) is 0 Å². The topological polar surface area (TPSA) is 86.7 Å². The summed E-state index contributed by atoms with van der Waals surface area (Å²) in [6.45, 7) is 0.285. The monoisotopic (exact) mass is 454 g/mol. The Morgan fingerprint density at radius 3 is 2.17 bits per heavy atom. The highest BCUT2D eigenvalue weighted by atomic mass is 35.5. The lowest BCUT2D eigenvalue weighted by atomic mass is 10.1. The summed E-state index contributed by atoms with van der Waals surface area (Å²) in [7, 11) is -2.88. The molecule has 0 unspecified atom stereocenters. The third-order valence-electron chi connectivity index (χ3n) is 4.03. The minimum absolute atomic E-state index is 0.0277. The van der Waals surface area contributed by atoms with Gasteiger partial charge < -0.3 is 10.4 Å². The normalized spacial score (nSPS) is 14.2. The van der Waals surface area contributed by atoms with Gasteiger partial charge in [-0.05, 0) is 49.4 Å². The average Bonchev–Trinajstić information content (AvgIpc) is 2.62. The number of sulfonamides is 1. The predicted molar refractivity (Wildman–Crippen MR) is 98.7 cm³/mol. The van der Waals surface area contributed by atoms with Crippen LogP contribution < -0.4 is 9.62 Å². The molecule has 0 saturated carbocycles. The van der Waals surface area contributed by atoms with Crippen LogP contribution in [0.25, 0.3) is 0 Å². The predicted octanol–water partition coefficient (Wildman–Crippen LogP) is 3.56. The molecule has 0 aromatic heterocycles. The van der Waals surface area contributed by atoms with Crippen molar-refractivity contribution in [1.29, 1.82) is 0 Å². The number of alkyl halides is 3. The van der Waals surface area contributed by atoms with Crippen LogP contribution in [0, 0.1) is 5.82 Å². The Morgan fingerprint density at radius 1 is 1.14 bits per heavy atom. The van der Waals surface area contributed by atoms with E-state index >= 15 is 0 Å². The molecular formula is C17H15ClF4N2O4S. The summed E-state index contributed by atoms with van der Waals surface area (Å²) in [6.07, 6.45) is -5.22. The first-order valence-corrected chi connectivity index (χ1v) is 9.64. The van der Waals surface area contributed by atoms with Gasteiger partial charge in [0, 0.05) is 7.05 Å². The molecule has 2 rings (SSSR count). The van der Waals surface area contributed by atoms with Crippen molar-refractivity contribution in [2.75, 3.05) is 16.7 Å². The number of carbonyl (C=O) groups is 1. The summed E-state index contributed by atoms with van der Waals surface area (Å²) < 4.78 is 77.2. The summed E-state index contributed by atoms with van der Waals surface area (Å²) in [5.74, 6) is -2.38. The van der Waals surface area contributed by atoms with Crippen molar-refractivity contribution < 1.29 is 35.9 Å². The molecule has 29 heavy (non-hydrogen) atoms. The van der Waals surface area contributed by atoms with Crippen LogP contribution in [0.5, 0.6) is 0 Å². The number of benzene rings is 2. The van der Waals surface area contributed by atoms with Crippen LogP contribution in [-0.2, 0) is 14.8 Å². The number of aliphatic hydroxyl groups is 1.